The number of methoxy groups -OCH3 is 1. The third-order valence-corrected chi connectivity index (χ3v) is 12.7. The quantitative estimate of drug-likeness (QED) is 0.0421. The summed E-state index contributed by atoms with van der Waals surface area (Å²) in [6, 6.07) is 4.22. The number of rotatable bonds is 23. The summed E-state index contributed by atoms with van der Waals surface area (Å²) >= 11 is 0.858. The first-order valence-electron chi connectivity index (χ1n) is 17.9. The molecule has 1 aromatic carbocycles. The van der Waals surface area contributed by atoms with Crippen LogP contribution in [-0.2, 0) is 50.7 Å². The number of anilines is 1. The van der Waals surface area contributed by atoms with Gasteiger partial charge in [-0.3, -0.25) is 32.5 Å². The molecular weight excluding hydrogens is 915 g/mol. The second-order valence-electron chi connectivity index (χ2n) is 13.9. The van der Waals surface area contributed by atoms with Crippen molar-refractivity contribution in [2.24, 2.45) is 5.41 Å². The maximum atomic E-state index is 12.7. The van der Waals surface area contributed by atoms with Gasteiger partial charge in [-0.2, -0.15) is 4.31 Å². The number of ether oxygens (including phenoxy) is 2. The minimum Gasteiger partial charge on any atom is -0.504 e. The lowest BCUT2D eigenvalue weighted by atomic mass is 9.87. The molecule has 3 heterocycles. The number of nitrogen functional groups attached to an aromatic ring is 1. The number of benzene rings is 1. The van der Waals surface area contributed by atoms with Crippen LogP contribution < -0.4 is 21.1 Å². The second kappa shape index (κ2) is 21.3. The number of imidazole rings is 1. The molecule has 31 heteroatoms. The van der Waals surface area contributed by atoms with Crippen LogP contribution in [0.5, 0.6) is 11.5 Å². The third kappa shape index (κ3) is 14.4. The number of fused-ring (bicyclic) bond motifs is 1. The largest absolute Gasteiger partial charge is 0.504 e. The van der Waals surface area contributed by atoms with E-state index in [1.165, 1.54) is 39.2 Å². The Labute approximate surface area is 355 Å². The number of nitrogens with one attached hydrogen (secondary N) is 2. The molecule has 8 atom stereocenters. The van der Waals surface area contributed by atoms with Crippen molar-refractivity contribution in [3.8, 4) is 11.5 Å². The molecule has 0 aliphatic carbocycles. The molecule has 1 aliphatic rings. The second-order valence-corrected chi connectivity index (χ2v) is 19.3. The van der Waals surface area contributed by atoms with Gasteiger partial charge in [0.1, 0.15) is 36.3 Å². The predicted octanol–water partition coefficient (Wildman–Crippen LogP) is -0.497. The summed E-state index contributed by atoms with van der Waals surface area (Å²) in [7, 11) is -15.1. The summed E-state index contributed by atoms with van der Waals surface area (Å²) in [5.41, 5.74) is 4.50. The summed E-state index contributed by atoms with van der Waals surface area (Å²) in [6.07, 6.45) is -8.57. The highest BCUT2D eigenvalue weighted by Gasteiger charge is 2.50. The van der Waals surface area contributed by atoms with Crippen LogP contribution in [0, 0.1) is 5.41 Å². The average Bonchev–Trinajstić information content (AvgIpc) is 3.74. The molecule has 12 N–H and O–H groups in total. The number of amides is 2. The lowest BCUT2D eigenvalue weighted by molar-refractivity contribution is -0.137. The van der Waals surface area contributed by atoms with Gasteiger partial charge in [0, 0.05) is 37.1 Å². The molecule has 2 amide bonds. The standard InChI is InChI=1S/C31H46N7O20P3S/c1-31(2,26(44)29(45)34-7-6-21(41)33-8-9-62-22(42)11-17(39)16-4-5-19(53-3)18(40)10-16)13-55-61(51,52)58-60(49,50)54-12-20-25(57-59(46,47)48)24(43)30(56-20)38-15-37-23-27(32)35-14-36-28(23)38/h4-5,10,14-15,17,20,24-26,30,39-40,43-44H,6-9,11-13H2,1-3H3,(H,33,41)(H,34,45)(H,49,50)(H,51,52)(H2,32,35,36)(H2,46,47,48)/t17?,20-,24-,25-,26?,30-/m1/s1. The number of phosphoric acid groups is 3. The highest BCUT2D eigenvalue weighted by atomic mass is 32.2. The number of aliphatic hydroxyl groups excluding tert-OH is 3. The average molecular weight is 962 g/mol. The summed E-state index contributed by atoms with van der Waals surface area (Å²) in [4.78, 5) is 88.1. The van der Waals surface area contributed by atoms with Gasteiger partial charge >= 0.3 is 23.5 Å². The SMILES string of the molecule is COc1ccc(C(O)CC(=O)SCCNC(=O)CCNC(=O)C(O)C(C)(C)COP(=O)(O)OP(=O)(O)OC[C@H]2O[C@@H](n3cnc4c(N)ncnc43)[C@H](O)[C@@H]2OP(=O)(O)O)cc1O. The van der Waals surface area contributed by atoms with Gasteiger partial charge in [-0.15, -0.1) is 0 Å². The Morgan fingerprint density at radius 3 is 2.39 bits per heavy atom. The fraction of sp³-hybridized carbons (Fsp3) is 0.548. The number of aliphatic hydroxyl groups is 3. The highest BCUT2D eigenvalue weighted by Crippen LogP contribution is 2.61. The summed E-state index contributed by atoms with van der Waals surface area (Å²) in [6.45, 7) is 0.176. The van der Waals surface area contributed by atoms with E-state index >= 15 is 0 Å². The van der Waals surface area contributed by atoms with Gasteiger partial charge in [0.25, 0.3) is 0 Å². The number of carbonyl (C=O) groups is 3. The van der Waals surface area contributed by atoms with E-state index in [1.807, 2.05) is 0 Å². The van der Waals surface area contributed by atoms with Gasteiger partial charge in [0.05, 0.1) is 32.8 Å². The predicted molar refractivity (Wildman–Crippen MR) is 211 cm³/mol. The van der Waals surface area contributed by atoms with Crippen LogP contribution in [0.25, 0.3) is 11.2 Å². The molecule has 4 unspecified atom stereocenters. The van der Waals surface area contributed by atoms with Crippen LogP contribution in [0.3, 0.4) is 0 Å². The number of thioether (sulfide) groups is 1. The first kappa shape index (κ1) is 51.0. The van der Waals surface area contributed by atoms with Crippen LogP contribution in [0.15, 0.2) is 30.9 Å². The van der Waals surface area contributed by atoms with E-state index in [-0.39, 0.29) is 65.3 Å². The van der Waals surface area contributed by atoms with Gasteiger partial charge in [-0.05, 0) is 17.7 Å². The van der Waals surface area contributed by atoms with Crippen molar-refractivity contribution in [1.82, 2.24) is 30.2 Å². The van der Waals surface area contributed by atoms with Crippen molar-refractivity contribution in [3.05, 3.63) is 36.4 Å². The maximum Gasteiger partial charge on any atom is 0.481 e. The van der Waals surface area contributed by atoms with E-state index in [9.17, 15) is 68.1 Å². The number of nitrogens with zero attached hydrogens (tertiary/aromatic N) is 4. The molecule has 2 aromatic heterocycles. The van der Waals surface area contributed by atoms with Crippen molar-refractivity contribution >= 4 is 69.1 Å². The van der Waals surface area contributed by atoms with Gasteiger partial charge in [0.2, 0.25) is 11.8 Å². The Morgan fingerprint density at radius 1 is 1.03 bits per heavy atom. The molecule has 0 spiro atoms. The van der Waals surface area contributed by atoms with Gasteiger partial charge in [-0.25, -0.2) is 28.6 Å². The zero-order valence-corrected chi connectivity index (χ0v) is 36.4. The number of hydrogen-bond acceptors (Lipinski definition) is 21. The first-order valence-corrected chi connectivity index (χ1v) is 23.4. The number of hydrogen-bond donors (Lipinski definition) is 11. The van der Waals surface area contributed by atoms with Gasteiger partial charge in [0.15, 0.2) is 34.3 Å². The Hall–Kier alpha value is -3.66. The molecule has 62 heavy (non-hydrogen) atoms. The third-order valence-electron chi connectivity index (χ3n) is 8.71. The summed E-state index contributed by atoms with van der Waals surface area (Å²) < 4.78 is 67.1. The lowest BCUT2D eigenvalue weighted by Gasteiger charge is -2.30. The Bertz CT molecular complexity index is 2210. The number of nitrogens with two attached hydrogens (primary N) is 1. The minimum atomic E-state index is -5.60. The molecule has 0 radical (unpaired) electrons. The first-order chi connectivity index (χ1) is 28.8. The molecule has 27 nitrogen and oxygen atoms in total. The number of aromatic nitrogens is 4. The van der Waals surface area contributed by atoms with Crippen LogP contribution >= 0.6 is 35.2 Å². The monoisotopic (exact) mass is 961 g/mol. The number of phenolic OH excluding ortho intramolecular Hbond substituents is 1. The van der Waals surface area contributed by atoms with Gasteiger partial charge < -0.3 is 65.8 Å². The van der Waals surface area contributed by atoms with Crippen LogP contribution in [0.1, 0.15) is 44.6 Å². The topological polar surface area (TPSA) is 413 Å². The fourth-order valence-corrected chi connectivity index (χ4v) is 9.08. The van der Waals surface area contributed by atoms with E-state index in [0.29, 0.717) is 5.56 Å². The smallest absolute Gasteiger partial charge is 0.481 e. The Kier molecular flexibility index (Phi) is 17.6. The van der Waals surface area contributed by atoms with Crippen LogP contribution in [0.4, 0.5) is 5.82 Å². The van der Waals surface area contributed by atoms with Crippen molar-refractivity contribution in [2.45, 2.75) is 63.4 Å². The van der Waals surface area contributed by atoms with Crippen LogP contribution in [0.2, 0.25) is 0 Å². The number of carbonyl (C=O) groups excluding carboxylic acids is 3. The zero-order valence-electron chi connectivity index (χ0n) is 32.9. The number of aromatic hydroxyl groups is 1. The van der Waals surface area contributed by atoms with E-state index in [4.69, 9.17) is 24.3 Å². The van der Waals surface area contributed by atoms with Crippen molar-refractivity contribution in [2.75, 3.05) is 44.9 Å². The van der Waals surface area contributed by atoms with Crippen molar-refractivity contribution < 1.29 is 95.4 Å². The highest BCUT2D eigenvalue weighted by molar-refractivity contribution is 8.13. The molecule has 1 saturated heterocycles. The maximum absolute atomic E-state index is 12.7. The normalized spacial score (nSPS) is 21.1. The molecule has 1 fully saturated rings. The lowest BCUT2D eigenvalue weighted by Crippen LogP contribution is -2.46. The Morgan fingerprint density at radius 2 is 1.73 bits per heavy atom. The summed E-state index contributed by atoms with van der Waals surface area (Å²) in [5, 5.41) is 46.1. The molecular formula is C31H46N7O20P3S. The van der Waals surface area contributed by atoms with E-state index in [1.54, 1.807) is 0 Å². The van der Waals surface area contributed by atoms with E-state index < -0.39 is 90.7 Å². The fourth-order valence-electron chi connectivity index (χ4n) is 5.54. The minimum absolute atomic E-state index is 0.0180. The molecule has 346 valence electrons. The Balaban J connectivity index is 1.19. The van der Waals surface area contributed by atoms with E-state index in [0.717, 1.165) is 29.0 Å². The van der Waals surface area contributed by atoms with Crippen molar-refractivity contribution in [1.29, 1.82) is 0 Å². The molecule has 0 bridgehead atoms. The molecule has 3 aromatic rings. The zero-order chi connectivity index (χ0) is 46.2. The van der Waals surface area contributed by atoms with Crippen LogP contribution in [-0.4, -0.2) is 140 Å². The van der Waals surface area contributed by atoms with Crippen molar-refractivity contribution in [3.63, 3.8) is 0 Å². The van der Waals surface area contributed by atoms with Gasteiger partial charge in [-0.1, -0.05) is 31.7 Å². The van der Waals surface area contributed by atoms with E-state index in [2.05, 4.69) is 34.4 Å². The summed E-state index contributed by atoms with van der Waals surface area (Å²) in [5.74, 6) is -1.44. The molecule has 1 aliphatic heterocycles. The molecule has 0 saturated carbocycles. The number of phosphoric ester groups is 3. The number of phenols is 1. The molecule has 4 rings (SSSR count).